The number of nitrogens with one attached hydrogen (secondary N) is 2. The highest BCUT2D eigenvalue weighted by atomic mass is 35.5. The van der Waals surface area contributed by atoms with Gasteiger partial charge in [0.2, 0.25) is 0 Å². The van der Waals surface area contributed by atoms with Crippen LogP contribution in [-0.2, 0) is 22.0 Å². The summed E-state index contributed by atoms with van der Waals surface area (Å²) in [4.78, 5) is 16.8. The Hall–Kier alpha value is -2.73. The van der Waals surface area contributed by atoms with Crippen LogP contribution in [0.15, 0.2) is 35.4 Å². The molecule has 1 fully saturated rings. The first kappa shape index (κ1) is 23.4. The number of methoxy groups -OCH3 is 1. The summed E-state index contributed by atoms with van der Waals surface area (Å²) in [5.41, 5.74) is 0.985. The van der Waals surface area contributed by atoms with Crippen molar-refractivity contribution < 1.29 is 17.5 Å². The molecule has 1 saturated heterocycles. The van der Waals surface area contributed by atoms with Gasteiger partial charge >= 0.3 is 10.2 Å². The predicted octanol–water partition coefficient (Wildman–Crippen LogP) is 3.16. The molecule has 0 radical (unpaired) electrons. The summed E-state index contributed by atoms with van der Waals surface area (Å²) in [5, 5.41) is 3.46. The van der Waals surface area contributed by atoms with Gasteiger partial charge in [0.25, 0.3) is 5.56 Å². The molecule has 1 aliphatic heterocycles. The number of ether oxygens (including phenoxy) is 1. The van der Waals surface area contributed by atoms with Crippen molar-refractivity contribution in [3.05, 3.63) is 57.3 Å². The van der Waals surface area contributed by atoms with Gasteiger partial charge in [-0.2, -0.15) is 12.7 Å². The number of fused-ring (bicyclic) bond motifs is 1. The number of hydrogen-bond donors (Lipinski definition) is 2. The van der Waals surface area contributed by atoms with Gasteiger partial charge in [0, 0.05) is 38.0 Å². The Balaban J connectivity index is 1.68. The molecule has 12 heteroatoms. The maximum absolute atomic E-state index is 15.3. The summed E-state index contributed by atoms with van der Waals surface area (Å²) in [6.45, 7) is 2.16. The normalized spacial score (nSPS) is 16.9. The Kier molecular flexibility index (Phi) is 6.32. The number of nitrogens with zero attached hydrogens (tertiary/aromatic N) is 3. The summed E-state index contributed by atoms with van der Waals surface area (Å²) in [6.07, 6.45) is 1.78. The fraction of sp³-hybridized carbons (Fsp3) is 0.333. The first-order chi connectivity index (χ1) is 15.6. The molecule has 4 rings (SSSR count). The topological polar surface area (TPSA) is 106 Å². The molecule has 9 nitrogen and oxygen atoms in total. The zero-order valence-electron chi connectivity index (χ0n) is 18.2. The van der Waals surface area contributed by atoms with Crippen LogP contribution in [0.1, 0.15) is 12.0 Å². The van der Waals surface area contributed by atoms with Crippen LogP contribution in [0, 0.1) is 12.7 Å². The second-order valence-electron chi connectivity index (χ2n) is 7.84. The number of aryl methyl sites for hydroxylation is 2. The molecule has 3 aromatic rings. The number of aromatic nitrogens is 2. The van der Waals surface area contributed by atoms with Gasteiger partial charge in [-0.05, 0) is 43.2 Å². The Morgan fingerprint density at radius 3 is 2.67 bits per heavy atom. The van der Waals surface area contributed by atoms with Crippen molar-refractivity contribution in [3.63, 3.8) is 0 Å². The molecule has 176 valence electrons. The monoisotopic (exact) mass is 495 g/mol. The molecule has 0 saturated carbocycles. The quantitative estimate of drug-likeness (QED) is 0.544. The van der Waals surface area contributed by atoms with Crippen LogP contribution in [0.4, 0.5) is 21.5 Å². The summed E-state index contributed by atoms with van der Waals surface area (Å²) >= 11 is 6.16. The van der Waals surface area contributed by atoms with Gasteiger partial charge in [-0.3, -0.25) is 9.52 Å². The highest BCUT2D eigenvalue weighted by Crippen LogP contribution is 2.33. The lowest BCUT2D eigenvalue weighted by Crippen LogP contribution is -2.35. The van der Waals surface area contributed by atoms with Crippen molar-refractivity contribution in [1.82, 2.24) is 13.9 Å². The van der Waals surface area contributed by atoms with E-state index in [0.717, 1.165) is 0 Å². The fourth-order valence-corrected chi connectivity index (χ4v) is 5.28. The van der Waals surface area contributed by atoms with E-state index in [-0.39, 0.29) is 41.2 Å². The van der Waals surface area contributed by atoms with E-state index in [1.54, 1.807) is 26.1 Å². The van der Waals surface area contributed by atoms with Crippen LogP contribution >= 0.6 is 11.6 Å². The maximum Gasteiger partial charge on any atom is 0.301 e. The minimum absolute atomic E-state index is 0.0421. The molecule has 0 amide bonds. The second kappa shape index (κ2) is 8.90. The predicted molar refractivity (Wildman–Crippen MR) is 126 cm³/mol. The number of anilines is 3. The van der Waals surface area contributed by atoms with Gasteiger partial charge in [0.15, 0.2) is 5.82 Å². The van der Waals surface area contributed by atoms with E-state index < -0.39 is 16.0 Å². The van der Waals surface area contributed by atoms with Crippen molar-refractivity contribution in [2.75, 3.05) is 30.2 Å². The number of benzene rings is 2. The largest absolute Gasteiger partial charge is 0.380 e. The van der Waals surface area contributed by atoms with Gasteiger partial charge in [-0.1, -0.05) is 11.6 Å². The van der Waals surface area contributed by atoms with E-state index in [9.17, 15) is 13.2 Å². The number of halogens is 2. The van der Waals surface area contributed by atoms with Gasteiger partial charge < -0.3 is 14.6 Å². The summed E-state index contributed by atoms with van der Waals surface area (Å²) in [6, 6.07) is 5.87. The van der Waals surface area contributed by atoms with Crippen LogP contribution in [0.5, 0.6) is 0 Å². The Morgan fingerprint density at radius 1 is 1.24 bits per heavy atom. The third-order valence-electron chi connectivity index (χ3n) is 5.67. The molecule has 1 atom stereocenters. The van der Waals surface area contributed by atoms with E-state index in [2.05, 4.69) is 15.0 Å². The summed E-state index contributed by atoms with van der Waals surface area (Å²) < 4.78 is 50.9. The van der Waals surface area contributed by atoms with Gasteiger partial charge in [-0.25, -0.2) is 9.37 Å². The van der Waals surface area contributed by atoms with Crippen molar-refractivity contribution in [2.24, 2.45) is 7.05 Å². The molecular formula is C21H23ClFN5O4S. The standard InChI is InChI=1S/C21H23ClFN5O4S/c1-12-15(4-5-16-19(12)21(29)27(2)11-24-16)25-17-8-13(22)9-18(20(17)23)26-33(30,31)28-7-6-14(10-28)32-3/h4-5,8-9,11,14,25-26H,6-7,10H2,1-3H3. The smallest absolute Gasteiger partial charge is 0.301 e. The minimum Gasteiger partial charge on any atom is -0.380 e. The first-order valence-corrected chi connectivity index (χ1v) is 11.9. The lowest BCUT2D eigenvalue weighted by molar-refractivity contribution is 0.115. The molecule has 1 aliphatic rings. The van der Waals surface area contributed by atoms with Crippen LogP contribution in [0.3, 0.4) is 0 Å². The van der Waals surface area contributed by atoms with Crippen molar-refractivity contribution in [2.45, 2.75) is 19.4 Å². The molecule has 0 spiro atoms. The molecule has 1 unspecified atom stereocenters. The molecule has 1 aromatic heterocycles. The molecule has 2 N–H and O–H groups in total. The summed E-state index contributed by atoms with van der Waals surface area (Å²) in [7, 11) is -0.895. The van der Waals surface area contributed by atoms with E-state index in [4.69, 9.17) is 16.3 Å². The molecular weight excluding hydrogens is 473 g/mol. The second-order valence-corrected chi connectivity index (χ2v) is 9.95. The van der Waals surface area contributed by atoms with E-state index in [0.29, 0.717) is 28.6 Å². The van der Waals surface area contributed by atoms with Crippen molar-refractivity contribution >= 4 is 49.8 Å². The lowest BCUT2D eigenvalue weighted by Gasteiger charge is -2.19. The van der Waals surface area contributed by atoms with Gasteiger partial charge in [-0.15, -0.1) is 0 Å². The Bertz CT molecular complexity index is 1400. The third kappa shape index (κ3) is 4.54. The van der Waals surface area contributed by atoms with Gasteiger partial charge in [0.1, 0.15) is 0 Å². The third-order valence-corrected chi connectivity index (χ3v) is 7.38. The van der Waals surface area contributed by atoms with Crippen LogP contribution < -0.4 is 15.6 Å². The van der Waals surface area contributed by atoms with Crippen molar-refractivity contribution in [3.8, 4) is 0 Å². The Labute approximate surface area is 195 Å². The van der Waals surface area contributed by atoms with E-state index >= 15 is 4.39 Å². The van der Waals surface area contributed by atoms with Crippen molar-refractivity contribution in [1.29, 1.82) is 0 Å². The fourth-order valence-electron chi connectivity index (χ4n) is 3.80. The zero-order chi connectivity index (χ0) is 23.9. The average Bonchev–Trinajstić information content (AvgIpc) is 3.26. The first-order valence-electron chi connectivity index (χ1n) is 10.1. The molecule has 33 heavy (non-hydrogen) atoms. The Morgan fingerprint density at radius 2 is 1.97 bits per heavy atom. The number of hydrogen-bond acceptors (Lipinski definition) is 6. The average molecular weight is 496 g/mol. The highest BCUT2D eigenvalue weighted by Gasteiger charge is 2.32. The maximum atomic E-state index is 15.3. The SMILES string of the molecule is COC1CCN(S(=O)(=O)Nc2cc(Cl)cc(Nc3ccc4ncn(C)c(=O)c4c3C)c2F)C1. The molecule has 0 aliphatic carbocycles. The minimum atomic E-state index is -4.01. The van der Waals surface area contributed by atoms with Gasteiger partial charge in [0.05, 0.1) is 34.7 Å². The highest BCUT2D eigenvalue weighted by molar-refractivity contribution is 7.90. The molecule has 2 heterocycles. The lowest BCUT2D eigenvalue weighted by atomic mass is 10.1. The van der Waals surface area contributed by atoms with E-state index in [1.165, 1.54) is 34.4 Å². The summed E-state index contributed by atoms with van der Waals surface area (Å²) in [5.74, 6) is -0.830. The van der Waals surface area contributed by atoms with Crippen LogP contribution in [0.2, 0.25) is 5.02 Å². The van der Waals surface area contributed by atoms with E-state index in [1.807, 2.05) is 0 Å². The van der Waals surface area contributed by atoms with Crippen LogP contribution in [-0.4, -0.2) is 48.6 Å². The number of rotatable bonds is 6. The molecule has 0 bridgehead atoms. The van der Waals surface area contributed by atoms with Crippen LogP contribution in [0.25, 0.3) is 10.9 Å². The molecule has 2 aromatic carbocycles. The zero-order valence-corrected chi connectivity index (χ0v) is 19.8.